The number of fused-ring (bicyclic) bond motifs is 1. The number of nitrogens with one attached hydrogen (secondary N) is 1. The molecule has 30 heavy (non-hydrogen) atoms. The largest absolute Gasteiger partial charge is 0.508 e. The van der Waals surface area contributed by atoms with Gasteiger partial charge in [-0.25, -0.2) is 9.37 Å². The van der Waals surface area contributed by atoms with Crippen molar-refractivity contribution in [3.63, 3.8) is 0 Å². The molecule has 0 saturated heterocycles. The van der Waals surface area contributed by atoms with Gasteiger partial charge in [0.2, 0.25) is 0 Å². The molecule has 0 bridgehead atoms. The number of alkyl halides is 3. The molecule has 1 unspecified atom stereocenters. The van der Waals surface area contributed by atoms with E-state index in [0.717, 1.165) is 23.2 Å². The van der Waals surface area contributed by atoms with Crippen molar-refractivity contribution >= 4 is 27.2 Å². The number of nitrogens with zero attached hydrogens (tertiary/aromatic N) is 1. The maximum absolute atomic E-state index is 13.9. The van der Waals surface area contributed by atoms with Gasteiger partial charge in [-0.15, -0.1) is 11.3 Å². The van der Waals surface area contributed by atoms with Crippen LogP contribution in [0.4, 0.5) is 23.2 Å². The van der Waals surface area contributed by atoms with Crippen molar-refractivity contribution in [1.82, 2.24) is 4.98 Å². The van der Waals surface area contributed by atoms with Gasteiger partial charge < -0.3 is 15.5 Å². The number of benzene rings is 2. The van der Waals surface area contributed by atoms with Crippen molar-refractivity contribution < 1.29 is 27.8 Å². The Balaban J connectivity index is 1.91. The Morgan fingerprint density at radius 2 is 1.83 bits per heavy atom. The number of aromatic nitrogens is 1. The van der Waals surface area contributed by atoms with Crippen LogP contribution < -0.4 is 5.32 Å². The van der Waals surface area contributed by atoms with Crippen LogP contribution in [-0.4, -0.2) is 33.5 Å². The molecule has 3 aromatic rings. The van der Waals surface area contributed by atoms with Gasteiger partial charge in [-0.05, 0) is 49.1 Å². The number of rotatable bonds is 6. The number of aryl methyl sites for hydroxylation is 1. The highest BCUT2D eigenvalue weighted by Gasteiger charge is 2.56. The molecule has 0 fully saturated rings. The minimum Gasteiger partial charge on any atom is -0.508 e. The number of hydrogen-bond donors (Lipinski definition) is 3. The fraction of sp³-hybridized carbons (Fsp3) is 0.381. The molecule has 0 aliphatic carbocycles. The first-order valence-electron chi connectivity index (χ1n) is 9.20. The summed E-state index contributed by atoms with van der Waals surface area (Å²) in [5.41, 5.74) is -3.41. The van der Waals surface area contributed by atoms with Gasteiger partial charge in [0.05, 0.1) is 27.5 Å². The van der Waals surface area contributed by atoms with Crippen molar-refractivity contribution in [2.45, 2.75) is 44.4 Å². The fourth-order valence-corrected chi connectivity index (χ4v) is 4.49. The van der Waals surface area contributed by atoms with Gasteiger partial charge in [-0.1, -0.05) is 19.9 Å². The van der Waals surface area contributed by atoms with Crippen LogP contribution >= 0.6 is 11.3 Å². The number of aromatic hydroxyl groups is 1. The molecule has 162 valence electrons. The molecule has 3 rings (SSSR count). The molecule has 0 radical (unpaired) electrons. The zero-order valence-electron chi connectivity index (χ0n) is 16.6. The molecule has 0 aliphatic heterocycles. The van der Waals surface area contributed by atoms with Crippen LogP contribution in [0.1, 0.15) is 30.8 Å². The van der Waals surface area contributed by atoms with Gasteiger partial charge in [0.15, 0.2) is 5.60 Å². The monoisotopic (exact) mass is 442 g/mol. The standard InChI is InChI=1S/C21H22F4N2O2S/c1-12-27-16-6-4-5-15(18(16)30-12)26-11-20(29,21(23,24)25)10-19(2,3)14-9-13(22)7-8-17(14)28/h4-9,26,28-29H,10-11H2,1-3H3. The molecule has 3 N–H and O–H groups in total. The van der Waals surface area contributed by atoms with E-state index in [-0.39, 0.29) is 11.3 Å². The van der Waals surface area contributed by atoms with Crippen molar-refractivity contribution in [2.24, 2.45) is 0 Å². The van der Waals surface area contributed by atoms with E-state index in [0.29, 0.717) is 15.9 Å². The normalized spacial score (nSPS) is 14.7. The molecule has 2 aromatic carbocycles. The number of hydrogen-bond acceptors (Lipinski definition) is 5. The van der Waals surface area contributed by atoms with Gasteiger partial charge in [0, 0.05) is 5.56 Å². The van der Waals surface area contributed by atoms with E-state index in [4.69, 9.17) is 0 Å². The SMILES string of the molecule is Cc1nc2cccc(NCC(O)(CC(C)(C)c3cc(F)ccc3O)C(F)(F)F)c2s1. The minimum atomic E-state index is -4.96. The highest BCUT2D eigenvalue weighted by atomic mass is 32.1. The molecule has 4 nitrogen and oxygen atoms in total. The van der Waals surface area contributed by atoms with Gasteiger partial charge in [0.1, 0.15) is 11.6 Å². The summed E-state index contributed by atoms with van der Waals surface area (Å²) in [6.07, 6.45) is -5.75. The second-order valence-electron chi connectivity index (χ2n) is 7.99. The van der Waals surface area contributed by atoms with E-state index in [1.54, 1.807) is 25.1 Å². The Labute approximate surface area is 175 Å². The molecule has 0 saturated carbocycles. The van der Waals surface area contributed by atoms with Crippen LogP contribution in [0.2, 0.25) is 0 Å². The second kappa shape index (κ2) is 7.70. The first-order chi connectivity index (χ1) is 13.8. The van der Waals surface area contributed by atoms with E-state index in [9.17, 15) is 27.8 Å². The number of phenolic OH excluding ortho intramolecular Hbond substituents is 1. The summed E-state index contributed by atoms with van der Waals surface area (Å²) in [4.78, 5) is 4.31. The highest BCUT2D eigenvalue weighted by molar-refractivity contribution is 7.19. The predicted molar refractivity (Wildman–Crippen MR) is 110 cm³/mol. The average molecular weight is 442 g/mol. The van der Waals surface area contributed by atoms with E-state index in [2.05, 4.69) is 10.3 Å². The lowest BCUT2D eigenvalue weighted by Gasteiger charge is -2.38. The van der Waals surface area contributed by atoms with Crippen LogP contribution in [0.5, 0.6) is 5.75 Å². The Bertz CT molecular complexity index is 1060. The molecular weight excluding hydrogens is 420 g/mol. The van der Waals surface area contributed by atoms with E-state index >= 15 is 0 Å². The lowest BCUT2D eigenvalue weighted by Crippen LogP contribution is -2.53. The summed E-state index contributed by atoms with van der Waals surface area (Å²) in [7, 11) is 0. The van der Waals surface area contributed by atoms with Crippen LogP contribution in [0.15, 0.2) is 36.4 Å². The smallest absolute Gasteiger partial charge is 0.418 e. The summed E-state index contributed by atoms with van der Waals surface area (Å²) < 4.78 is 56.1. The number of thiazole rings is 1. The lowest BCUT2D eigenvalue weighted by atomic mass is 9.74. The van der Waals surface area contributed by atoms with Gasteiger partial charge in [-0.3, -0.25) is 0 Å². The van der Waals surface area contributed by atoms with E-state index in [1.165, 1.54) is 25.2 Å². The average Bonchev–Trinajstić information content (AvgIpc) is 3.01. The Morgan fingerprint density at radius 1 is 1.13 bits per heavy atom. The van der Waals surface area contributed by atoms with E-state index < -0.39 is 36.0 Å². The van der Waals surface area contributed by atoms with Crippen molar-refractivity contribution in [3.05, 3.63) is 52.8 Å². The zero-order valence-corrected chi connectivity index (χ0v) is 17.5. The van der Waals surface area contributed by atoms with Gasteiger partial charge in [-0.2, -0.15) is 13.2 Å². The predicted octanol–water partition coefficient (Wildman–Crippen LogP) is 5.52. The topological polar surface area (TPSA) is 65.4 Å². The summed E-state index contributed by atoms with van der Waals surface area (Å²) in [6.45, 7) is 3.83. The van der Waals surface area contributed by atoms with Crippen LogP contribution in [0.25, 0.3) is 10.2 Å². The van der Waals surface area contributed by atoms with Crippen molar-refractivity contribution in [1.29, 1.82) is 0 Å². The summed E-state index contributed by atoms with van der Waals surface area (Å²) in [6, 6.07) is 8.15. The number of anilines is 1. The van der Waals surface area contributed by atoms with Crippen LogP contribution in [0, 0.1) is 12.7 Å². The lowest BCUT2D eigenvalue weighted by molar-refractivity contribution is -0.260. The second-order valence-corrected chi connectivity index (χ2v) is 9.19. The molecule has 1 atom stereocenters. The highest BCUT2D eigenvalue weighted by Crippen LogP contribution is 2.44. The molecule has 1 aromatic heterocycles. The maximum Gasteiger partial charge on any atom is 0.418 e. The first kappa shape index (κ1) is 22.3. The molecule has 0 aliphatic rings. The molecular formula is C21H22F4N2O2S. The number of aliphatic hydroxyl groups is 1. The van der Waals surface area contributed by atoms with Crippen molar-refractivity contribution in [2.75, 3.05) is 11.9 Å². The minimum absolute atomic E-state index is 0.00893. The fourth-order valence-electron chi connectivity index (χ4n) is 3.58. The molecule has 0 spiro atoms. The van der Waals surface area contributed by atoms with Gasteiger partial charge >= 0.3 is 6.18 Å². The number of halogens is 4. The van der Waals surface area contributed by atoms with E-state index in [1.807, 2.05) is 0 Å². The maximum atomic E-state index is 13.9. The third kappa shape index (κ3) is 4.37. The Kier molecular flexibility index (Phi) is 5.72. The first-order valence-corrected chi connectivity index (χ1v) is 10.0. The third-order valence-electron chi connectivity index (χ3n) is 5.04. The van der Waals surface area contributed by atoms with Crippen molar-refractivity contribution in [3.8, 4) is 5.75 Å². The van der Waals surface area contributed by atoms with Gasteiger partial charge in [0.25, 0.3) is 0 Å². The zero-order chi connectivity index (χ0) is 22.3. The number of phenols is 1. The molecule has 0 amide bonds. The van der Waals surface area contributed by atoms with Crippen LogP contribution in [0.3, 0.4) is 0 Å². The molecule has 9 heteroatoms. The summed E-state index contributed by atoms with van der Waals surface area (Å²) >= 11 is 1.34. The summed E-state index contributed by atoms with van der Waals surface area (Å²) in [5.74, 6) is -1.01. The quantitative estimate of drug-likeness (QED) is 0.440. The van der Waals surface area contributed by atoms with Crippen LogP contribution in [-0.2, 0) is 5.41 Å². The third-order valence-corrected chi connectivity index (χ3v) is 6.06. The Hall–Kier alpha value is -2.39. The summed E-state index contributed by atoms with van der Waals surface area (Å²) in [5, 5.41) is 24.2. The Morgan fingerprint density at radius 3 is 2.50 bits per heavy atom. The molecule has 1 heterocycles.